The van der Waals surface area contributed by atoms with E-state index in [0.717, 1.165) is 53.9 Å². The molecule has 4 heteroatoms. The highest BCUT2D eigenvalue weighted by molar-refractivity contribution is 9.10. The average molecular weight is 570 g/mol. The number of benzene rings is 5. The van der Waals surface area contributed by atoms with E-state index in [0.29, 0.717) is 0 Å². The van der Waals surface area contributed by atoms with Crippen LogP contribution in [0.1, 0.15) is 0 Å². The zero-order valence-electron chi connectivity index (χ0n) is 18.3. The van der Waals surface area contributed by atoms with Crippen LogP contribution in [-0.4, -0.2) is 0 Å². The fourth-order valence-electron chi connectivity index (χ4n) is 4.05. The minimum atomic E-state index is 1.04. The molecule has 0 fully saturated rings. The zero-order chi connectivity index (χ0) is 23.3. The highest BCUT2D eigenvalue weighted by Crippen LogP contribution is 2.45. The van der Waals surface area contributed by atoms with Gasteiger partial charge in [0.1, 0.15) is 0 Å². The van der Waals surface area contributed by atoms with Gasteiger partial charge in [-0.05, 0) is 71.8 Å². The Kier molecular flexibility index (Phi) is 6.79. The monoisotopic (exact) mass is 568 g/mol. The second-order valence-electron chi connectivity index (χ2n) is 7.91. The first-order valence-electron chi connectivity index (χ1n) is 11.0. The highest BCUT2D eigenvalue weighted by Gasteiger charge is 2.18. The summed E-state index contributed by atoms with van der Waals surface area (Å²) in [5.41, 5.74) is 8.67. The van der Waals surface area contributed by atoms with Crippen LogP contribution in [0.4, 0.5) is 22.7 Å². The SMILES string of the molecule is Brc1cccc(-c2c(Nc3ccccc3)ccc(Nc3ccccc3)c2-c2cccc(Br)c2)c1. The van der Waals surface area contributed by atoms with Crippen molar-refractivity contribution in [1.29, 1.82) is 0 Å². The molecule has 34 heavy (non-hydrogen) atoms. The topological polar surface area (TPSA) is 24.1 Å². The molecular weight excluding hydrogens is 548 g/mol. The van der Waals surface area contributed by atoms with Crippen LogP contribution in [0.15, 0.2) is 130 Å². The number of anilines is 4. The molecule has 0 bridgehead atoms. The summed E-state index contributed by atoms with van der Waals surface area (Å²) in [7, 11) is 0. The molecule has 0 aliphatic carbocycles. The fraction of sp³-hybridized carbons (Fsp3) is 0. The first-order chi connectivity index (χ1) is 16.7. The normalized spacial score (nSPS) is 10.6. The Morgan fingerprint density at radius 3 is 1.21 bits per heavy atom. The molecule has 0 atom stereocenters. The van der Waals surface area contributed by atoms with Gasteiger partial charge in [0, 0.05) is 42.8 Å². The van der Waals surface area contributed by atoms with E-state index in [2.05, 4.69) is 127 Å². The van der Waals surface area contributed by atoms with E-state index >= 15 is 0 Å². The Labute approximate surface area is 216 Å². The summed E-state index contributed by atoms with van der Waals surface area (Å²) in [6, 6.07) is 41.8. The van der Waals surface area contributed by atoms with E-state index < -0.39 is 0 Å². The van der Waals surface area contributed by atoms with Crippen molar-refractivity contribution in [2.45, 2.75) is 0 Å². The predicted molar refractivity (Wildman–Crippen MR) is 152 cm³/mol. The lowest BCUT2D eigenvalue weighted by Gasteiger charge is -2.22. The van der Waals surface area contributed by atoms with Gasteiger partial charge in [0.2, 0.25) is 0 Å². The number of para-hydroxylation sites is 2. The largest absolute Gasteiger partial charge is 0.355 e. The minimum absolute atomic E-state index is 1.04. The molecular formula is C30H22Br2N2. The summed E-state index contributed by atoms with van der Waals surface area (Å²) in [4.78, 5) is 0. The van der Waals surface area contributed by atoms with Crippen molar-refractivity contribution in [1.82, 2.24) is 0 Å². The van der Waals surface area contributed by atoms with Crippen molar-refractivity contribution in [2.24, 2.45) is 0 Å². The van der Waals surface area contributed by atoms with Gasteiger partial charge in [-0.1, -0.05) is 92.5 Å². The Hall–Kier alpha value is -3.34. The summed E-state index contributed by atoms with van der Waals surface area (Å²) >= 11 is 7.34. The standard InChI is InChI=1S/C30H22Br2N2/c31-23-11-7-9-21(19-23)29-27(33-25-13-3-1-4-14-25)17-18-28(34-26-15-5-2-6-16-26)30(29)22-10-8-12-24(32)20-22/h1-20,33-34H. The zero-order valence-corrected chi connectivity index (χ0v) is 21.5. The van der Waals surface area contributed by atoms with Gasteiger partial charge >= 0.3 is 0 Å². The van der Waals surface area contributed by atoms with Gasteiger partial charge in [0.15, 0.2) is 0 Å². The summed E-state index contributed by atoms with van der Waals surface area (Å²) in [6.07, 6.45) is 0. The van der Waals surface area contributed by atoms with Gasteiger partial charge in [-0.2, -0.15) is 0 Å². The van der Waals surface area contributed by atoms with Crippen LogP contribution < -0.4 is 10.6 Å². The van der Waals surface area contributed by atoms with E-state index in [9.17, 15) is 0 Å². The van der Waals surface area contributed by atoms with Gasteiger partial charge in [0.25, 0.3) is 0 Å². The summed E-state index contributed by atoms with van der Waals surface area (Å²) in [6.45, 7) is 0. The molecule has 5 aromatic carbocycles. The quantitative estimate of drug-likeness (QED) is 0.212. The first kappa shape index (κ1) is 22.5. The Balaban J connectivity index is 1.77. The van der Waals surface area contributed by atoms with Gasteiger partial charge in [-0.15, -0.1) is 0 Å². The second kappa shape index (κ2) is 10.3. The van der Waals surface area contributed by atoms with Gasteiger partial charge < -0.3 is 10.6 Å². The van der Waals surface area contributed by atoms with Crippen molar-refractivity contribution in [3.05, 3.63) is 130 Å². The maximum absolute atomic E-state index is 3.67. The number of nitrogens with one attached hydrogen (secondary N) is 2. The van der Waals surface area contributed by atoms with E-state index in [1.165, 1.54) is 0 Å². The fourth-order valence-corrected chi connectivity index (χ4v) is 4.85. The van der Waals surface area contributed by atoms with E-state index in [1.54, 1.807) is 0 Å². The lowest BCUT2D eigenvalue weighted by molar-refractivity contribution is 1.48. The maximum atomic E-state index is 3.67. The molecule has 0 aliphatic rings. The average Bonchev–Trinajstić information content (AvgIpc) is 2.86. The third-order valence-corrected chi connectivity index (χ3v) is 6.52. The lowest BCUT2D eigenvalue weighted by atomic mass is 9.91. The van der Waals surface area contributed by atoms with Crippen LogP contribution >= 0.6 is 31.9 Å². The molecule has 0 radical (unpaired) electrons. The molecule has 0 spiro atoms. The van der Waals surface area contributed by atoms with Crippen LogP contribution in [-0.2, 0) is 0 Å². The smallest absolute Gasteiger partial charge is 0.0471 e. The summed E-state index contributed by atoms with van der Waals surface area (Å²) < 4.78 is 2.08. The summed E-state index contributed by atoms with van der Waals surface area (Å²) in [5.74, 6) is 0. The van der Waals surface area contributed by atoms with Crippen LogP contribution in [0, 0.1) is 0 Å². The third-order valence-electron chi connectivity index (χ3n) is 5.54. The Bertz CT molecular complexity index is 1310. The highest BCUT2D eigenvalue weighted by atomic mass is 79.9. The minimum Gasteiger partial charge on any atom is -0.355 e. The first-order valence-corrected chi connectivity index (χ1v) is 12.6. The molecule has 0 saturated heterocycles. The Morgan fingerprint density at radius 1 is 0.412 bits per heavy atom. The molecule has 0 aliphatic heterocycles. The molecule has 0 heterocycles. The molecule has 2 N–H and O–H groups in total. The maximum Gasteiger partial charge on any atom is 0.0471 e. The van der Waals surface area contributed by atoms with Crippen molar-refractivity contribution < 1.29 is 0 Å². The third kappa shape index (κ3) is 5.09. The molecule has 2 nitrogen and oxygen atoms in total. The van der Waals surface area contributed by atoms with Crippen molar-refractivity contribution in [3.8, 4) is 22.3 Å². The molecule has 166 valence electrons. The summed E-state index contributed by atoms with van der Waals surface area (Å²) in [5, 5.41) is 7.30. The van der Waals surface area contributed by atoms with E-state index in [-0.39, 0.29) is 0 Å². The van der Waals surface area contributed by atoms with E-state index in [1.807, 2.05) is 36.4 Å². The van der Waals surface area contributed by atoms with Crippen LogP contribution in [0.3, 0.4) is 0 Å². The predicted octanol–water partition coefficient (Wildman–Crippen LogP) is 10.0. The van der Waals surface area contributed by atoms with Gasteiger partial charge in [-0.3, -0.25) is 0 Å². The van der Waals surface area contributed by atoms with E-state index in [4.69, 9.17) is 0 Å². The molecule has 0 saturated carbocycles. The molecule has 5 aromatic rings. The molecule has 0 aromatic heterocycles. The lowest BCUT2D eigenvalue weighted by Crippen LogP contribution is -2.00. The van der Waals surface area contributed by atoms with Crippen LogP contribution in [0.2, 0.25) is 0 Å². The van der Waals surface area contributed by atoms with Crippen molar-refractivity contribution in [3.63, 3.8) is 0 Å². The Morgan fingerprint density at radius 2 is 0.824 bits per heavy atom. The van der Waals surface area contributed by atoms with Crippen molar-refractivity contribution >= 4 is 54.6 Å². The van der Waals surface area contributed by atoms with Gasteiger partial charge in [-0.25, -0.2) is 0 Å². The molecule has 0 unspecified atom stereocenters. The van der Waals surface area contributed by atoms with Crippen molar-refractivity contribution in [2.75, 3.05) is 10.6 Å². The van der Waals surface area contributed by atoms with Crippen LogP contribution in [0.5, 0.6) is 0 Å². The molecule has 0 amide bonds. The van der Waals surface area contributed by atoms with Crippen LogP contribution in [0.25, 0.3) is 22.3 Å². The second-order valence-corrected chi connectivity index (χ2v) is 9.74. The number of rotatable bonds is 6. The molecule has 5 rings (SSSR count). The number of hydrogen-bond acceptors (Lipinski definition) is 2. The van der Waals surface area contributed by atoms with Gasteiger partial charge in [0.05, 0.1) is 0 Å². The number of hydrogen-bond donors (Lipinski definition) is 2. The number of halogens is 2.